The van der Waals surface area contributed by atoms with Crippen molar-refractivity contribution in [1.29, 1.82) is 0 Å². The van der Waals surface area contributed by atoms with Crippen LogP contribution in [0.3, 0.4) is 0 Å². The lowest BCUT2D eigenvalue weighted by Gasteiger charge is -2.29. The molecule has 0 spiro atoms. The van der Waals surface area contributed by atoms with E-state index in [-0.39, 0.29) is 13.1 Å². The normalized spacial score (nSPS) is 17.3. The van der Waals surface area contributed by atoms with Crippen LogP contribution in [0.15, 0.2) is 0 Å². The van der Waals surface area contributed by atoms with E-state index in [1.54, 1.807) is 0 Å². The van der Waals surface area contributed by atoms with E-state index in [1.807, 2.05) is 0 Å². The van der Waals surface area contributed by atoms with Crippen molar-refractivity contribution in [2.24, 2.45) is 0 Å². The van der Waals surface area contributed by atoms with Crippen molar-refractivity contribution < 1.29 is 19.2 Å². The standard InChI is InChI=1S/C8H10N2O4/c1-5(11)9-3-8(14)10(6(2)12)4-7(9)13/h3-4H2,1-2H3. The molecule has 6 heteroatoms. The molecule has 1 saturated heterocycles. The Labute approximate surface area is 80.5 Å². The van der Waals surface area contributed by atoms with Gasteiger partial charge in [0.15, 0.2) is 0 Å². The van der Waals surface area contributed by atoms with Gasteiger partial charge in [-0.05, 0) is 0 Å². The van der Waals surface area contributed by atoms with E-state index < -0.39 is 23.6 Å². The molecule has 0 aliphatic carbocycles. The van der Waals surface area contributed by atoms with Crippen molar-refractivity contribution in [3.05, 3.63) is 0 Å². The van der Waals surface area contributed by atoms with E-state index in [2.05, 4.69) is 0 Å². The van der Waals surface area contributed by atoms with Crippen LogP contribution in [-0.2, 0) is 19.2 Å². The zero-order valence-electron chi connectivity index (χ0n) is 7.94. The van der Waals surface area contributed by atoms with E-state index in [0.29, 0.717) is 0 Å². The highest BCUT2D eigenvalue weighted by molar-refractivity contribution is 6.08. The number of rotatable bonds is 0. The molecule has 0 unspecified atom stereocenters. The zero-order valence-corrected chi connectivity index (χ0v) is 7.94. The fourth-order valence-electron chi connectivity index (χ4n) is 1.19. The minimum Gasteiger partial charge on any atom is -0.275 e. The number of hydrogen-bond acceptors (Lipinski definition) is 4. The molecule has 0 bridgehead atoms. The third-order valence-electron chi connectivity index (χ3n) is 1.95. The van der Waals surface area contributed by atoms with E-state index in [9.17, 15) is 19.2 Å². The van der Waals surface area contributed by atoms with Gasteiger partial charge in [0.05, 0.1) is 0 Å². The van der Waals surface area contributed by atoms with Gasteiger partial charge in [-0.2, -0.15) is 0 Å². The summed E-state index contributed by atoms with van der Waals surface area (Å²) in [5.74, 6) is -2.00. The van der Waals surface area contributed by atoms with Crippen LogP contribution in [-0.4, -0.2) is 46.5 Å². The highest BCUT2D eigenvalue weighted by Crippen LogP contribution is 2.05. The van der Waals surface area contributed by atoms with Crippen LogP contribution < -0.4 is 0 Å². The smallest absolute Gasteiger partial charge is 0.249 e. The van der Waals surface area contributed by atoms with Crippen LogP contribution in [0.5, 0.6) is 0 Å². The first-order valence-electron chi connectivity index (χ1n) is 4.05. The molecular weight excluding hydrogens is 188 g/mol. The van der Waals surface area contributed by atoms with Crippen molar-refractivity contribution in [2.75, 3.05) is 13.1 Å². The summed E-state index contributed by atoms with van der Waals surface area (Å²) in [6.45, 7) is 1.73. The highest BCUT2D eigenvalue weighted by Gasteiger charge is 2.33. The van der Waals surface area contributed by atoms with Gasteiger partial charge in [-0.3, -0.25) is 29.0 Å². The number of carbonyl (C=O) groups is 4. The monoisotopic (exact) mass is 198 g/mol. The van der Waals surface area contributed by atoms with E-state index in [1.165, 1.54) is 13.8 Å². The molecule has 0 saturated carbocycles. The summed E-state index contributed by atoms with van der Waals surface area (Å²) >= 11 is 0. The average molecular weight is 198 g/mol. The summed E-state index contributed by atoms with van der Waals surface area (Å²) in [7, 11) is 0. The Balaban J connectivity index is 2.82. The minimum absolute atomic E-state index is 0.340. The third kappa shape index (κ3) is 1.78. The molecule has 1 rings (SSSR count). The van der Waals surface area contributed by atoms with Crippen LogP contribution >= 0.6 is 0 Å². The minimum atomic E-state index is -0.521. The van der Waals surface area contributed by atoms with Gasteiger partial charge in [0.25, 0.3) is 0 Å². The first-order valence-corrected chi connectivity index (χ1v) is 4.05. The molecule has 1 heterocycles. The Morgan fingerprint density at radius 1 is 0.929 bits per heavy atom. The van der Waals surface area contributed by atoms with Gasteiger partial charge in [-0.15, -0.1) is 0 Å². The van der Waals surface area contributed by atoms with Crippen molar-refractivity contribution in [3.63, 3.8) is 0 Å². The molecule has 0 aromatic heterocycles. The number of piperazine rings is 1. The fraction of sp³-hybridized carbons (Fsp3) is 0.500. The van der Waals surface area contributed by atoms with Crippen LogP contribution in [0.1, 0.15) is 13.8 Å². The third-order valence-corrected chi connectivity index (χ3v) is 1.95. The molecule has 1 aliphatic rings. The van der Waals surface area contributed by atoms with Crippen molar-refractivity contribution in [3.8, 4) is 0 Å². The van der Waals surface area contributed by atoms with Crippen molar-refractivity contribution >= 4 is 23.6 Å². The second kappa shape index (κ2) is 3.57. The number of hydrogen-bond donors (Lipinski definition) is 0. The summed E-state index contributed by atoms with van der Waals surface area (Å²) in [5.41, 5.74) is 0. The molecule has 0 N–H and O–H groups in total. The molecule has 1 fully saturated rings. The van der Waals surface area contributed by atoms with Crippen LogP contribution in [0.4, 0.5) is 0 Å². The molecule has 14 heavy (non-hydrogen) atoms. The predicted octanol–water partition coefficient (Wildman–Crippen LogP) is -1.25. The second-order valence-corrected chi connectivity index (χ2v) is 3.00. The number of carbonyl (C=O) groups excluding carboxylic acids is 4. The molecule has 1 aliphatic heterocycles. The van der Waals surface area contributed by atoms with E-state index in [4.69, 9.17) is 0 Å². The maximum Gasteiger partial charge on any atom is 0.249 e. The summed E-state index contributed by atoms with van der Waals surface area (Å²) in [4.78, 5) is 45.9. The maximum absolute atomic E-state index is 11.3. The summed E-state index contributed by atoms with van der Waals surface area (Å²) in [6, 6.07) is 0. The molecule has 76 valence electrons. The zero-order chi connectivity index (χ0) is 10.9. The summed E-state index contributed by atoms with van der Waals surface area (Å²) in [6.07, 6.45) is 0. The molecule has 4 amide bonds. The first kappa shape index (κ1) is 10.4. The number of nitrogens with zero attached hydrogens (tertiary/aromatic N) is 2. The number of imide groups is 2. The predicted molar refractivity (Wildman–Crippen MR) is 44.8 cm³/mol. The van der Waals surface area contributed by atoms with Gasteiger partial charge in [-0.1, -0.05) is 0 Å². The van der Waals surface area contributed by atoms with Gasteiger partial charge in [0.1, 0.15) is 13.1 Å². The fourth-order valence-corrected chi connectivity index (χ4v) is 1.19. The van der Waals surface area contributed by atoms with E-state index >= 15 is 0 Å². The lowest BCUT2D eigenvalue weighted by Crippen LogP contribution is -2.56. The van der Waals surface area contributed by atoms with Gasteiger partial charge in [-0.25, -0.2) is 0 Å². The summed E-state index contributed by atoms with van der Waals surface area (Å²) < 4.78 is 0. The van der Waals surface area contributed by atoms with Gasteiger partial charge in [0.2, 0.25) is 23.6 Å². The Bertz CT molecular complexity index is 291. The molecule has 6 nitrogen and oxygen atoms in total. The lowest BCUT2D eigenvalue weighted by atomic mass is 10.3. The van der Waals surface area contributed by atoms with Crippen LogP contribution in [0.2, 0.25) is 0 Å². The average Bonchev–Trinajstić information content (AvgIpc) is 2.07. The number of amides is 4. The van der Waals surface area contributed by atoms with Crippen LogP contribution in [0, 0.1) is 0 Å². The van der Waals surface area contributed by atoms with Crippen LogP contribution in [0.25, 0.3) is 0 Å². The Hall–Kier alpha value is -1.72. The molecule has 0 atom stereocenters. The first-order chi connectivity index (χ1) is 6.43. The molecule has 0 aromatic rings. The Morgan fingerprint density at radius 3 is 1.43 bits per heavy atom. The molecular formula is C8H10N2O4. The van der Waals surface area contributed by atoms with Gasteiger partial charge in [0, 0.05) is 13.8 Å². The second-order valence-electron chi connectivity index (χ2n) is 3.00. The maximum atomic E-state index is 11.3. The van der Waals surface area contributed by atoms with Crippen molar-refractivity contribution in [2.45, 2.75) is 13.8 Å². The molecule has 0 radical (unpaired) electrons. The molecule has 0 aromatic carbocycles. The van der Waals surface area contributed by atoms with Gasteiger partial charge < -0.3 is 0 Å². The topological polar surface area (TPSA) is 74.8 Å². The Morgan fingerprint density at radius 2 is 1.21 bits per heavy atom. The largest absolute Gasteiger partial charge is 0.275 e. The summed E-state index contributed by atoms with van der Waals surface area (Å²) in [5, 5.41) is 0. The highest BCUT2D eigenvalue weighted by atomic mass is 16.2. The lowest BCUT2D eigenvalue weighted by molar-refractivity contribution is -0.161. The quantitative estimate of drug-likeness (QED) is 0.487. The van der Waals surface area contributed by atoms with Gasteiger partial charge >= 0.3 is 0 Å². The SMILES string of the molecule is CC(=O)N1CC(=O)N(C(C)=O)CC1=O. The van der Waals surface area contributed by atoms with E-state index in [0.717, 1.165) is 9.80 Å². The Kier molecular flexibility index (Phi) is 2.64. The van der Waals surface area contributed by atoms with Crippen molar-refractivity contribution in [1.82, 2.24) is 9.80 Å².